The molecule has 1 amide bonds. The molecule has 1 N–H and O–H groups in total. The van der Waals surface area contributed by atoms with Gasteiger partial charge in [0.25, 0.3) is 5.91 Å². The van der Waals surface area contributed by atoms with E-state index in [2.05, 4.69) is 19.2 Å². The van der Waals surface area contributed by atoms with Crippen molar-refractivity contribution >= 4 is 17.7 Å². The van der Waals surface area contributed by atoms with E-state index in [4.69, 9.17) is 0 Å². The Kier molecular flexibility index (Phi) is 6.39. The third kappa shape index (κ3) is 5.86. The van der Waals surface area contributed by atoms with E-state index in [9.17, 15) is 18.0 Å². The van der Waals surface area contributed by atoms with Gasteiger partial charge < -0.3 is 5.32 Å². The molecule has 2 nitrogen and oxygen atoms in total. The highest BCUT2D eigenvalue weighted by Gasteiger charge is 2.29. The molecule has 0 saturated heterocycles. The summed E-state index contributed by atoms with van der Waals surface area (Å²) in [6, 6.07) is 5.45. The van der Waals surface area contributed by atoms with Crippen molar-refractivity contribution < 1.29 is 18.0 Å². The summed E-state index contributed by atoms with van der Waals surface area (Å²) >= 11 is -0.185. The van der Waals surface area contributed by atoms with E-state index in [1.807, 2.05) is 0 Å². The first-order valence-corrected chi connectivity index (χ1v) is 7.31. The number of alkyl halides is 3. The minimum absolute atomic E-state index is 0.0778. The summed E-state index contributed by atoms with van der Waals surface area (Å²) in [6.45, 7) is 4.71. The van der Waals surface area contributed by atoms with Crippen molar-refractivity contribution in [1.29, 1.82) is 0 Å². The molecule has 0 radical (unpaired) electrons. The van der Waals surface area contributed by atoms with E-state index in [-0.39, 0.29) is 22.6 Å². The van der Waals surface area contributed by atoms with Crippen molar-refractivity contribution in [2.24, 2.45) is 5.92 Å². The topological polar surface area (TPSA) is 29.1 Å². The van der Waals surface area contributed by atoms with Crippen molar-refractivity contribution in [1.82, 2.24) is 5.32 Å². The molecule has 0 aliphatic heterocycles. The number of nitrogens with one attached hydrogen (secondary N) is 1. The van der Waals surface area contributed by atoms with Gasteiger partial charge in [-0.1, -0.05) is 26.7 Å². The molecule has 0 spiro atoms. The zero-order chi connectivity index (χ0) is 15.2. The van der Waals surface area contributed by atoms with Crippen LogP contribution < -0.4 is 5.32 Å². The molecule has 1 aromatic rings. The van der Waals surface area contributed by atoms with E-state index in [0.29, 0.717) is 18.0 Å². The van der Waals surface area contributed by atoms with Crippen LogP contribution in [-0.4, -0.2) is 18.0 Å². The fourth-order valence-electron chi connectivity index (χ4n) is 1.72. The van der Waals surface area contributed by atoms with Crippen LogP contribution in [0.3, 0.4) is 0 Å². The number of halogens is 3. The Balaban J connectivity index is 2.57. The third-order valence-corrected chi connectivity index (χ3v) is 3.80. The molecule has 0 aliphatic rings. The number of carbonyl (C=O) groups is 1. The quantitative estimate of drug-likeness (QED) is 0.786. The maximum absolute atomic E-state index is 12.2. The second-order valence-electron chi connectivity index (χ2n) is 4.46. The van der Waals surface area contributed by atoms with E-state index in [1.165, 1.54) is 24.3 Å². The summed E-state index contributed by atoms with van der Waals surface area (Å²) in [5, 5.41) is 2.80. The van der Waals surface area contributed by atoms with Gasteiger partial charge in [0.1, 0.15) is 0 Å². The molecule has 0 saturated carbocycles. The van der Waals surface area contributed by atoms with Crippen LogP contribution in [0.15, 0.2) is 29.2 Å². The van der Waals surface area contributed by atoms with Crippen molar-refractivity contribution in [3.05, 3.63) is 29.8 Å². The molecule has 0 aliphatic carbocycles. The Morgan fingerprint density at radius 1 is 1.20 bits per heavy atom. The highest BCUT2D eigenvalue weighted by molar-refractivity contribution is 8.00. The van der Waals surface area contributed by atoms with Gasteiger partial charge in [-0.25, -0.2) is 0 Å². The minimum atomic E-state index is -4.31. The van der Waals surface area contributed by atoms with Crippen LogP contribution in [0.25, 0.3) is 0 Å². The van der Waals surface area contributed by atoms with E-state index in [0.717, 1.165) is 12.8 Å². The van der Waals surface area contributed by atoms with Crippen LogP contribution in [0.1, 0.15) is 37.0 Å². The summed E-state index contributed by atoms with van der Waals surface area (Å²) in [5.41, 5.74) is -3.93. The van der Waals surface area contributed by atoms with Gasteiger partial charge in [0, 0.05) is 17.0 Å². The molecule has 112 valence electrons. The zero-order valence-electron chi connectivity index (χ0n) is 11.5. The summed E-state index contributed by atoms with van der Waals surface area (Å²) in [6.07, 6.45) is 1.97. The smallest absolute Gasteiger partial charge is 0.352 e. The molecule has 0 heterocycles. The van der Waals surface area contributed by atoms with Crippen LogP contribution in [0.4, 0.5) is 13.2 Å². The summed E-state index contributed by atoms with van der Waals surface area (Å²) < 4.78 is 36.5. The number of hydrogen-bond acceptors (Lipinski definition) is 2. The molecule has 6 heteroatoms. The van der Waals surface area contributed by atoms with E-state index >= 15 is 0 Å². The van der Waals surface area contributed by atoms with Crippen molar-refractivity contribution in [3.63, 3.8) is 0 Å². The number of benzene rings is 1. The van der Waals surface area contributed by atoms with Gasteiger partial charge in [0.05, 0.1) is 0 Å². The average molecular weight is 305 g/mol. The molecule has 20 heavy (non-hydrogen) atoms. The number of carbonyl (C=O) groups excluding carboxylic acids is 1. The number of amides is 1. The van der Waals surface area contributed by atoms with Crippen molar-refractivity contribution in [2.75, 3.05) is 6.54 Å². The van der Waals surface area contributed by atoms with Gasteiger partial charge >= 0.3 is 5.51 Å². The molecule has 0 unspecified atom stereocenters. The molecule has 0 bridgehead atoms. The predicted octanol–water partition coefficient (Wildman–Crippen LogP) is 4.46. The van der Waals surface area contributed by atoms with Crippen LogP contribution >= 0.6 is 11.8 Å². The lowest BCUT2D eigenvalue weighted by molar-refractivity contribution is -0.0328. The first-order valence-electron chi connectivity index (χ1n) is 6.49. The Morgan fingerprint density at radius 2 is 1.75 bits per heavy atom. The fraction of sp³-hybridized carbons (Fsp3) is 0.500. The minimum Gasteiger partial charge on any atom is -0.352 e. The zero-order valence-corrected chi connectivity index (χ0v) is 12.3. The molecular formula is C14H18F3NOS. The average Bonchev–Trinajstić information content (AvgIpc) is 2.38. The molecule has 1 aromatic carbocycles. The summed E-state index contributed by atoms with van der Waals surface area (Å²) in [4.78, 5) is 11.9. The largest absolute Gasteiger partial charge is 0.446 e. The summed E-state index contributed by atoms with van der Waals surface area (Å²) in [5.74, 6) is 0.180. The third-order valence-electron chi connectivity index (χ3n) is 3.06. The lowest BCUT2D eigenvalue weighted by atomic mass is 10.0. The predicted molar refractivity (Wildman–Crippen MR) is 74.8 cm³/mol. The molecular weight excluding hydrogens is 287 g/mol. The van der Waals surface area contributed by atoms with Gasteiger partial charge in [0.15, 0.2) is 0 Å². The van der Waals surface area contributed by atoms with Crippen molar-refractivity contribution in [2.45, 2.75) is 37.1 Å². The van der Waals surface area contributed by atoms with Crippen LogP contribution in [0, 0.1) is 5.92 Å². The Morgan fingerprint density at radius 3 is 2.20 bits per heavy atom. The number of thioether (sulfide) groups is 1. The number of rotatable bonds is 6. The van der Waals surface area contributed by atoms with Crippen molar-refractivity contribution in [3.8, 4) is 0 Å². The summed E-state index contributed by atoms with van der Waals surface area (Å²) in [7, 11) is 0. The first kappa shape index (κ1) is 16.9. The van der Waals surface area contributed by atoms with Gasteiger partial charge in [-0.05, 0) is 41.9 Å². The van der Waals surface area contributed by atoms with Crippen LogP contribution in [-0.2, 0) is 0 Å². The second kappa shape index (κ2) is 7.57. The maximum atomic E-state index is 12.2. The molecule has 0 fully saturated rings. The van der Waals surface area contributed by atoms with Gasteiger partial charge in [-0.15, -0.1) is 0 Å². The van der Waals surface area contributed by atoms with E-state index < -0.39 is 5.51 Å². The molecule has 0 aromatic heterocycles. The lowest BCUT2D eigenvalue weighted by Crippen LogP contribution is -2.28. The monoisotopic (exact) mass is 305 g/mol. The van der Waals surface area contributed by atoms with Crippen LogP contribution in [0.5, 0.6) is 0 Å². The van der Waals surface area contributed by atoms with E-state index in [1.54, 1.807) is 0 Å². The Bertz CT molecular complexity index is 427. The van der Waals surface area contributed by atoms with Gasteiger partial charge in [0.2, 0.25) is 0 Å². The van der Waals surface area contributed by atoms with Gasteiger partial charge in [-0.3, -0.25) is 4.79 Å². The highest BCUT2D eigenvalue weighted by Crippen LogP contribution is 2.36. The SMILES string of the molecule is CCC(CC)CNC(=O)c1ccc(SC(F)(F)F)cc1. The fourth-order valence-corrected chi connectivity index (χ4v) is 2.26. The normalized spacial score (nSPS) is 11.7. The highest BCUT2D eigenvalue weighted by atomic mass is 32.2. The Labute approximate surface area is 121 Å². The van der Waals surface area contributed by atoms with Crippen LogP contribution in [0.2, 0.25) is 0 Å². The maximum Gasteiger partial charge on any atom is 0.446 e. The standard InChI is InChI=1S/C14H18F3NOS/c1-3-10(4-2)9-18-13(19)11-5-7-12(8-6-11)20-14(15,16)17/h5-8,10H,3-4,9H2,1-2H3,(H,18,19). The molecule has 1 rings (SSSR count). The second-order valence-corrected chi connectivity index (χ2v) is 5.60. The lowest BCUT2D eigenvalue weighted by Gasteiger charge is -2.13. The first-order chi connectivity index (χ1) is 9.35. The Hall–Kier alpha value is -1.17. The van der Waals surface area contributed by atoms with Gasteiger partial charge in [-0.2, -0.15) is 13.2 Å². The molecule has 0 atom stereocenters. The number of hydrogen-bond donors (Lipinski definition) is 1.